The molecule has 1 aromatic rings. The number of pyridine rings is 1. The summed E-state index contributed by atoms with van der Waals surface area (Å²) in [6.45, 7) is 2.08. The summed E-state index contributed by atoms with van der Waals surface area (Å²) in [5, 5.41) is 3.84. The van der Waals surface area contributed by atoms with Gasteiger partial charge in [0.05, 0.1) is 5.02 Å². The van der Waals surface area contributed by atoms with Crippen molar-refractivity contribution < 1.29 is 0 Å². The van der Waals surface area contributed by atoms with E-state index >= 15 is 0 Å². The average Bonchev–Trinajstić information content (AvgIpc) is 2.20. The van der Waals surface area contributed by atoms with Crippen molar-refractivity contribution in [3.63, 3.8) is 0 Å². The molecule has 1 aromatic heterocycles. The normalized spacial score (nSPS) is 11.8. The van der Waals surface area contributed by atoms with E-state index in [1.807, 2.05) is 0 Å². The maximum absolute atomic E-state index is 5.95. The summed E-state index contributed by atoms with van der Waals surface area (Å²) in [5.41, 5.74) is 0. The molecular weight excluding hydrogens is 196 g/mol. The number of nitrogens with one attached hydrogen (secondary N) is 1. The first-order chi connectivity index (χ1) is 6.77. The Labute approximate surface area is 89.7 Å². The third-order valence-electron chi connectivity index (χ3n) is 1.96. The third-order valence-corrected chi connectivity index (χ3v) is 2.26. The molecule has 1 rings (SSSR count). The van der Waals surface area contributed by atoms with E-state index in [0.29, 0.717) is 17.3 Å². The molecule has 0 aliphatic rings. The Morgan fingerprint density at radius 2 is 2.50 bits per heavy atom. The summed E-state index contributed by atoms with van der Waals surface area (Å²) in [7, 11) is 0. The van der Waals surface area contributed by atoms with Gasteiger partial charge in [-0.25, -0.2) is 4.98 Å². The lowest BCUT2D eigenvalue weighted by molar-refractivity contribution is 0.712. The van der Waals surface area contributed by atoms with Gasteiger partial charge in [0.2, 0.25) is 0 Å². The quantitative estimate of drug-likeness (QED) is 0.770. The van der Waals surface area contributed by atoms with E-state index < -0.39 is 0 Å². The fraction of sp³-hybridized carbons (Fsp3) is 0.364. The molecule has 0 aliphatic heterocycles. The number of terminal acetylenes is 1. The highest BCUT2D eigenvalue weighted by Crippen LogP contribution is 2.19. The van der Waals surface area contributed by atoms with Crippen LogP contribution < -0.4 is 5.32 Å². The molecular formula is C11H13ClN2. The van der Waals surface area contributed by atoms with Crippen LogP contribution in [0.5, 0.6) is 0 Å². The van der Waals surface area contributed by atoms with Crippen molar-refractivity contribution >= 4 is 17.4 Å². The molecule has 74 valence electrons. The van der Waals surface area contributed by atoms with E-state index in [9.17, 15) is 0 Å². The first kappa shape index (κ1) is 10.9. The molecule has 0 saturated carbocycles. The lowest BCUT2D eigenvalue weighted by Gasteiger charge is -2.15. The average molecular weight is 209 g/mol. The Balaban J connectivity index is 2.68. The summed E-state index contributed by atoms with van der Waals surface area (Å²) >= 11 is 5.95. The lowest BCUT2D eigenvalue weighted by atomic mass is 10.1. The fourth-order valence-corrected chi connectivity index (χ4v) is 1.30. The van der Waals surface area contributed by atoms with Crippen molar-refractivity contribution in [1.82, 2.24) is 4.98 Å². The van der Waals surface area contributed by atoms with Crippen LogP contribution in [0.3, 0.4) is 0 Å². The molecule has 1 atom stereocenters. The van der Waals surface area contributed by atoms with Crippen LogP contribution in [0.2, 0.25) is 5.02 Å². The minimum absolute atomic E-state index is 0.243. The number of aromatic nitrogens is 1. The van der Waals surface area contributed by atoms with Crippen molar-refractivity contribution in [2.45, 2.75) is 25.8 Å². The molecule has 1 N–H and O–H groups in total. The second-order valence-electron chi connectivity index (χ2n) is 2.99. The topological polar surface area (TPSA) is 24.9 Å². The molecule has 0 aliphatic carbocycles. The number of anilines is 1. The summed E-state index contributed by atoms with van der Waals surface area (Å²) in [6.07, 6.45) is 8.60. The summed E-state index contributed by atoms with van der Waals surface area (Å²) < 4.78 is 0. The van der Waals surface area contributed by atoms with Crippen LogP contribution >= 0.6 is 11.6 Å². The monoisotopic (exact) mass is 208 g/mol. The van der Waals surface area contributed by atoms with Crippen molar-refractivity contribution in [2.75, 3.05) is 5.32 Å². The molecule has 1 unspecified atom stereocenters. The van der Waals surface area contributed by atoms with Crippen LogP contribution in [-0.4, -0.2) is 11.0 Å². The second-order valence-corrected chi connectivity index (χ2v) is 3.40. The zero-order chi connectivity index (χ0) is 10.4. The SMILES string of the molecule is C#CCC(CC)Nc1ncccc1Cl. The number of halogens is 1. The zero-order valence-electron chi connectivity index (χ0n) is 8.13. The van der Waals surface area contributed by atoms with Crippen LogP contribution in [0.15, 0.2) is 18.3 Å². The highest BCUT2D eigenvalue weighted by Gasteiger charge is 2.07. The molecule has 1 heterocycles. The number of rotatable bonds is 4. The summed E-state index contributed by atoms with van der Waals surface area (Å²) in [5.74, 6) is 3.33. The van der Waals surface area contributed by atoms with Gasteiger partial charge in [0.15, 0.2) is 0 Å². The van der Waals surface area contributed by atoms with Crippen molar-refractivity contribution in [1.29, 1.82) is 0 Å². The molecule has 0 amide bonds. The number of nitrogens with zero attached hydrogens (tertiary/aromatic N) is 1. The fourth-order valence-electron chi connectivity index (χ4n) is 1.12. The first-order valence-corrected chi connectivity index (χ1v) is 4.96. The van der Waals surface area contributed by atoms with E-state index in [0.717, 1.165) is 6.42 Å². The van der Waals surface area contributed by atoms with Gasteiger partial charge < -0.3 is 5.32 Å². The largest absolute Gasteiger partial charge is 0.365 e. The molecule has 0 bridgehead atoms. The van der Waals surface area contributed by atoms with Crippen LogP contribution in [0.1, 0.15) is 19.8 Å². The van der Waals surface area contributed by atoms with Crippen molar-refractivity contribution in [3.8, 4) is 12.3 Å². The Hall–Kier alpha value is -1.20. The highest BCUT2D eigenvalue weighted by atomic mass is 35.5. The highest BCUT2D eigenvalue weighted by molar-refractivity contribution is 6.32. The molecule has 0 radical (unpaired) electrons. The van der Waals surface area contributed by atoms with Crippen LogP contribution in [0.25, 0.3) is 0 Å². The standard InChI is InChI=1S/C11H13ClN2/c1-3-6-9(4-2)14-11-10(12)7-5-8-13-11/h1,5,7-9H,4,6H2,2H3,(H,13,14). The Kier molecular flexibility index (Phi) is 4.28. The minimum Gasteiger partial charge on any atom is -0.365 e. The van der Waals surface area contributed by atoms with Crippen LogP contribution in [0, 0.1) is 12.3 Å². The van der Waals surface area contributed by atoms with Crippen molar-refractivity contribution in [2.24, 2.45) is 0 Å². The predicted octanol–water partition coefficient (Wildman–Crippen LogP) is 2.95. The molecule has 2 nitrogen and oxygen atoms in total. The van der Waals surface area contributed by atoms with Gasteiger partial charge in [0, 0.05) is 18.7 Å². The first-order valence-electron chi connectivity index (χ1n) is 4.58. The maximum Gasteiger partial charge on any atom is 0.144 e. The van der Waals surface area contributed by atoms with Gasteiger partial charge in [-0.1, -0.05) is 18.5 Å². The predicted molar refractivity (Wildman–Crippen MR) is 60.4 cm³/mol. The molecule has 14 heavy (non-hydrogen) atoms. The molecule has 0 spiro atoms. The smallest absolute Gasteiger partial charge is 0.144 e. The third kappa shape index (κ3) is 2.93. The van der Waals surface area contributed by atoms with Gasteiger partial charge in [0.25, 0.3) is 0 Å². The van der Waals surface area contributed by atoms with Crippen LogP contribution in [-0.2, 0) is 0 Å². The van der Waals surface area contributed by atoms with Crippen LogP contribution in [0.4, 0.5) is 5.82 Å². The summed E-state index contributed by atoms with van der Waals surface area (Å²) in [4.78, 5) is 4.14. The molecule has 0 fully saturated rings. The Morgan fingerprint density at radius 1 is 1.71 bits per heavy atom. The Bertz CT molecular complexity index is 330. The van der Waals surface area contributed by atoms with E-state index in [-0.39, 0.29) is 6.04 Å². The maximum atomic E-state index is 5.95. The van der Waals surface area contributed by atoms with E-state index in [1.165, 1.54) is 0 Å². The Morgan fingerprint density at radius 3 is 3.07 bits per heavy atom. The minimum atomic E-state index is 0.243. The van der Waals surface area contributed by atoms with Gasteiger partial charge in [0.1, 0.15) is 5.82 Å². The molecule has 3 heteroatoms. The molecule has 0 aromatic carbocycles. The van der Waals surface area contributed by atoms with Gasteiger partial charge in [-0.05, 0) is 18.6 Å². The van der Waals surface area contributed by atoms with Gasteiger partial charge in [-0.2, -0.15) is 0 Å². The lowest BCUT2D eigenvalue weighted by Crippen LogP contribution is -2.18. The van der Waals surface area contributed by atoms with E-state index in [4.69, 9.17) is 18.0 Å². The van der Waals surface area contributed by atoms with Gasteiger partial charge >= 0.3 is 0 Å². The summed E-state index contributed by atoms with van der Waals surface area (Å²) in [6, 6.07) is 3.85. The molecule has 0 saturated heterocycles. The zero-order valence-corrected chi connectivity index (χ0v) is 8.88. The number of hydrogen-bond acceptors (Lipinski definition) is 2. The van der Waals surface area contributed by atoms with E-state index in [2.05, 4.69) is 23.1 Å². The van der Waals surface area contributed by atoms with Crippen molar-refractivity contribution in [3.05, 3.63) is 23.4 Å². The van der Waals surface area contributed by atoms with Gasteiger partial charge in [-0.3, -0.25) is 0 Å². The number of hydrogen-bond donors (Lipinski definition) is 1. The van der Waals surface area contributed by atoms with E-state index in [1.54, 1.807) is 18.3 Å². The van der Waals surface area contributed by atoms with Gasteiger partial charge in [-0.15, -0.1) is 12.3 Å². The second kappa shape index (κ2) is 5.51.